The fourth-order valence-corrected chi connectivity index (χ4v) is 4.01. The molecule has 3 rings (SSSR count). The number of amidine groups is 1. The van der Waals surface area contributed by atoms with Crippen LogP contribution in [0.15, 0.2) is 40.7 Å². The highest BCUT2D eigenvalue weighted by atomic mass is 35.5. The number of benzene rings is 1. The number of aryl methyl sites for hydroxylation is 1. The van der Waals surface area contributed by atoms with Crippen LogP contribution in [0.5, 0.6) is 0 Å². The molecule has 0 fully saturated rings. The van der Waals surface area contributed by atoms with Crippen molar-refractivity contribution < 1.29 is 0 Å². The van der Waals surface area contributed by atoms with Crippen LogP contribution in [0.2, 0.25) is 0 Å². The predicted molar refractivity (Wildman–Crippen MR) is 124 cm³/mol. The van der Waals surface area contributed by atoms with Crippen LogP contribution in [0.1, 0.15) is 30.7 Å². The first-order valence-electron chi connectivity index (χ1n) is 9.19. The Kier molecular flexibility index (Phi) is 10.2. The minimum atomic E-state index is 0. The summed E-state index contributed by atoms with van der Waals surface area (Å²) in [6.45, 7) is 10.1. The van der Waals surface area contributed by atoms with Gasteiger partial charge in [-0.3, -0.25) is 0 Å². The molecule has 7 heteroatoms. The summed E-state index contributed by atoms with van der Waals surface area (Å²) >= 11 is 1.62. The summed E-state index contributed by atoms with van der Waals surface area (Å²) < 4.78 is 0. The molecule has 2 aromatic rings. The van der Waals surface area contributed by atoms with Crippen molar-refractivity contribution in [3.05, 3.63) is 46.2 Å². The van der Waals surface area contributed by atoms with Crippen molar-refractivity contribution >= 4 is 53.4 Å². The van der Waals surface area contributed by atoms with E-state index < -0.39 is 0 Å². The minimum Gasteiger partial charge on any atom is -0.383 e. The van der Waals surface area contributed by atoms with Gasteiger partial charge in [-0.25, -0.2) is 4.99 Å². The zero-order valence-electron chi connectivity index (χ0n) is 16.1. The Morgan fingerprint density at radius 1 is 1.22 bits per heavy atom. The van der Waals surface area contributed by atoms with Crippen LogP contribution in [0.3, 0.4) is 0 Å². The number of nitrogens with two attached hydrogens (primary N) is 1. The lowest BCUT2D eigenvalue weighted by molar-refractivity contribution is 0.308. The van der Waals surface area contributed by atoms with Crippen molar-refractivity contribution in [2.24, 2.45) is 10.7 Å². The quantitative estimate of drug-likeness (QED) is 0.512. The Bertz CT molecular complexity index is 715. The molecule has 1 aliphatic heterocycles. The summed E-state index contributed by atoms with van der Waals surface area (Å²) in [7, 11) is 0. The third kappa shape index (κ3) is 6.11. The van der Waals surface area contributed by atoms with E-state index in [1.165, 1.54) is 17.7 Å². The van der Waals surface area contributed by atoms with Crippen LogP contribution < -0.4 is 10.6 Å². The highest BCUT2D eigenvalue weighted by molar-refractivity contribution is 7.12. The zero-order chi connectivity index (χ0) is 17.6. The van der Waals surface area contributed by atoms with Crippen LogP contribution in [0, 0.1) is 0 Å². The van der Waals surface area contributed by atoms with E-state index in [9.17, 15) is 0 Å². The fraction of sp³-hybridized carbons (Fsp3) is 0.450. The first kappa shape index (κ1) is 23.8. The van der Waals surface area contributed by atoms with E-state index >= 15 is 0 Å². The Labute approximate surface area is 179 Å². The summed E-state index contributed by atoms with van der Waals surface area (Å²) in [5.74, 6) is 0.601. The Balaban J connectivity index is 0.00000182. The average Bonchev–Trinajstić information content (AvgIpc) is 3.17. The highest BCUT2D eigenvalue weighted by Crippen LogP contribution is 2.30. The molecule has 0 aliphatic carbocycles. The van der Waals surface area contributed by atoms with Gasteiger partial charge in [-0.1, -0.05) is 19.9 Å². The van der Waals surface area contributed by atoms with Gasteiger partial charge in [-0.05, 0) is 61.1 Å². The molecule has 150 valence electrons. The Morgan fingerprint density at radius 3 is 2.67 bits per heavy atom. The number of halogens is 2. The van der Waals surface area contributed by atoms with Gasteiger partial charge in [-0.15, -0.1) is 36.2 Å². The van der Waals surface area contributed by atoms with Crippen molar-refractivity contribution in [3.63, 3.8) is 0 Å². The van der Waals surface area contributed by atoms with E-state index in [1.807, 2.05) is 17.5 Å². The normalized spacial score (nSPS) is 13.7. The molecule has 0 atom stereocenters. The molecule has 0 saturated carbocycles. The SMILES string of the molecule is CCN(CC)CCN1CCCc2cc(N=C(N)c3cccs3)ccc21.Cl.Cl. The number of hydrogen-bond donors (Lipinski definition) is 1. The van der Waals surface area contributed by atoms with Crippen molar-refractivity contribution in [2.75, 3.05) is 37.6 Å². The van der Waals surface area contributed by atoms with Crippen LogP contribution in [-0.2, 0) is 6.42 Å². The molecule has 0 saturated heterocycles. The average molecular weight is 429 g/mol. The van der Waals surface area contributed by atoms with Crippen molar-refractivity contribution in [3.8, 4) is 0 Å². The second-order valence-electron chi connectivity index (χ2n) is 6.40. The molecular formula is C20H30Cl2N4S. The van der Waals surface area contributed by atoms with Gasteiger partial charge in [-0.2, -0.15) is 0 Å². The molecule has 2 heterocycles. The monoisotopic (exact) mass is 428 g/mol. The smallest absolute Gasteiger partial charge is 0.141 e. The summed E-state index contributed by atoms with van der Waals surface area (Å²) in [5.41, 5.74) is 9.85. The van der Waals surface area contributed by atoms with E-state index in [2.05, 4.69) is 46.8 Å². The van der Waals surface area contributed by atoms with Crippen LogP contribution in [0.25, 0.3) is 0 Å². The van der Waals surface area contributed by atoms with Crippen molar-refractivity contribution in [1.29, 1.82) is 0 Å². The number of aliphatic imine (C=N–C) groups is 1. The topological polar surface area (TPSA) is 44.9 Å². The molecule has 4 nitrogen and oxygen atoms in total. The van der Waals surface area contributed by atoms with E-state index in [0.717, 1.165) is 49.7 Å². The summed E-state index contributed by atoms with van der Waals surface area (Å²) in [6, 6.07) is 10.5. The Hall–Kier alpha value is -1.27. The second kappa shape index (κ2) is 11.5. The van der Waals surface area contributed by atoms with E-state index in [0.29, 0.717) is 5.84 Å². The lowest BCUT2D eigenvalue weighted by Gasteiger charge is -2.33. The number of fused-ring (bicyclic) bond motifs is 1. The first-order chi connectivity index (χ1) is 12.2. The molecule has 0 bridgehead atoms. The van der Waals surface area contributed by atoms with Gasteiger partial charge in [0.05, 0.1) is 10.6 Å². The van der Waals surface area contributed by atoms with Crippen LogP contribution in [-0.4, -0.2) is 43.5 Å². The molecule has 2 N–H and O–H groups in total. The summed E-state index contributed by atoms with van der Waals surface area (Å²) in [5, 5.41) is 2.03. The largest absolute Gasteiger partial charge is 0.383 e. The molecule has 0 spiro atoms. The summed E-state index contributed by atoms with van der Waals surface area (Å²) in [4.78, 5) is 10.6. The molecule has 1 aromatic carbocycles. The molecule has 0 amide bonds. The van der Waals surface area contributed by atoms with Crippen molar-refractivity contribution in [2.45, 2.75) is 26.7 Å². The minimum absolute atomic E-state index is 0. The molecular weight excluding hydrogens is 399 g/mol. The maximum absolute atomic E-state index is 6.13. The maximum Gasteiger partial charge on any atom is 0.141 e. The highest BCUT2D eigenvalue weighted by Gasteiger charge is 2.17. The Morgan fingerprint density at radius 2 is 2.00 bits per heavy atom. The number of thiophene rings is 1. The maximum atomic E-state index is 6.13. The zero-order valence-corrected chi connectivity index (χ0v) is 18.5. The standard InChI is InChI=1S/C20H28N4S.2ClH/c1-3-23(4-2)12-13-24-11-5-7-16-15-17(9-10-18(16)24)22-20(21)19-8-6-14-25-19;;/h6,8-10,14-15H,3-5,7,11-13H2,1-2H3,(H2,21,22);2*1H. The number of rotatable bonds is 7. The van der Waals surface area contributed by atoms with Gasteiger partial charge in [0.1, 0.15) is 5.84 Å². The van der Waals surface area contributed by atoms with E-state index in [4.69, 9.17) is 5.73 Å². The van der Waals surface area contributed by atoms with Crippen LogP contribution >= 0.6 is 36.2 Å². The van der Waals surface area contributed by atoms with E-state index in [-0.39, 0.29) is 24.8 Å². The van der Waals surface area contributed by atoms with Crippen LogP contribution in [0.4, 0.5) is 11.4 Å². The van der Waals surface area contributed by atoms with E-state index in [1.54, 1.807) is 11.3 Å². The molecule has 27 heavy (non-hydrogen) atoms. The van der Waals surface area contributed by atoms with Gasteiger partial charge < -0.3 is 15.5 Å². The van der Waals surface area contributed by atoms with Gasteiger partial charge >= 0.3 is 0 Å². The third-order valence-corrected chi connectivity index (χ3v) is 5.77. The van der Waals surface area contributed by atoms with Crippen molar-refractivity contribution in [1.82, 2.24) is 4.90 Å². The molecule has 1 aliphatic rings. The predicted octanol–water partition coefficient (Wildman–Crippen LogP) is 4.72. The number of anilines is 1. The lowest BCUT2D eigenvalue weighted by atomic mass is 10.0. The number of hydrogen-bond acceptors (Lipinski definition) is 4. The first-order valence-corrected chi connectivity index (χ1v) is 10.1. The van der Waals surface area contributed by atoms with Gasteiger partial charge in [0.15, 0.2) is 0 Å². The fourth-order valence-electron chi connectivity index (χ4n) is 3.38. The third-order valence-electron chi connectivity index (χ3n) is 4.88. The van der Waals surface area contributed by atoms with Gasteiger partial charge in [0.2, 0.25) is 0 Å². The molecule has 0 unspecified atom stereocenters. The lowest BCUT2D eigenvalue weighted by Crippen LogP contribution is -2.37. The van der Waals surface area contributed by atoms with Gasteiger partial charge in [0, 0.05) is 25.3 Å². The number of likely N-dealkylation sites (N-methyl/N-ethyl adjacent to an activating group) is 1. The second-order valence-corrected chi connectivity index (χ2v) is 7.35. The molecule has 1 aromatic heterocycles. The van der Waals surface area contributed by atoms with Gasteiger partial charge in [0.25, 0.3) is 0 Å². The molecule has 0 radical (unpaired) electrons. The summed E-state index contributed by atoms with van der Waals surface area (Å²) in [6.07, 6.45) is 2.33. The number of nitrogens with zero attached hydrogens (tertiary/aromatic N) is 3.